The molecule has 0 spiro atoms. The molecule has 1 heterocycles. The molecule has 1 N–H and O–H groups in total. The second kappa shape index (κ2) is 6.40. The molecule has 0 radical (unpaired) electrons. The highest BCUT2D eigenvalue weighted by Gasteiger charge is 2.38. The molecule has 1 atom stereocenters. The van der Waals surface area contributed by atoms with Crippen LogP contribution in [0.3, 0.4) is 0 Å². The lowest BCUT2D eigenvalue weighted by atomic mass is 10.3. The van der Waals surface area contributed by atoms with Gasteiger partial charge in [-0.05, 0) is 13.3 Å². The van der Waals surface area contributed by atoms with Crippen LogP contribution >= 0.6 is 0 Å². The Hall–Kier alpha value is -2.06. The van der Waals surface area contributed by atoms with Crippen molar-refractivity contribution < 1.29 is 22.8 Å². The number of nitrogens with one attached hydrogen (secondary N) is 1. The van der Waals surface area contributed by atoms with Gasteiger partial charge < -0.3 is 10.1 Å². The minimum Gasteiger partial charge on any atom is -0.465 e. The molecule has 0 aromatic carbocycles. The zero-order valence-corrected chi connectivity index (χ0v) is 10.9. The molecule has 0 aliphatic rings. The predicted molar refractivity (Wildman–Crippen MR) is 65.8 cm³/mol. The molecule has 112 valence electrons. The summed E-state index contributed by atoms with van der Waals surface area (Å²) in [5, 5.41) is 13.5. The summed E-state index contributed by atoms with van der Waals surface area (Å²) < 4.78 is 41.8. The summed E-state index contributed by atoms with van der Waals surface area (Å²) in [7, 11) is 0. The number of hydrogen-bond acceptors (Lipinski definition) is 5. The molecule has 0 saturated heterocycles. The number of pyridine rings is 1. The molecule has 0 fully saturated rings. The molecule has 0 aliphatic carbocycles. The lowest BCUT2D eigenvalue weighted by molar-refractivity contribution is -0.385. The molecule has 0 amide bonds. The smallest absolute Gasteiger partial charge is 0.425 e. The molecule has 20 heavy (non-hydrogen) atoms. The van der Waals surface area contributed by atoms with Gasteiger partial charge in [-0.25, -0.2) is 0 Å². The molecule has 1 rings (SSSR count). The first-order valence-electron chi connectivity index (χ1n) is 5.87. The molecular weight excluding hydrogens is 279 g/mol. The monoisotopic (exact) mass is 293 g/mol. The Labute approximate surface area is 113 Å². The average molecular weight is 293 g/mol. The van der Waals surface area contributed by atoms with E-state index in [-0.39, 0.29) is 11.5 Å². The van der Waals surface area contributed by atoms with E-state index in [1.54, 1.807) is 0 Å². The van der Waals surface area contributed by atoms with Crippen LogP contribution in [0.4, 0.5) is 24.7 Å². The first-order valence-corrected chi connectivity index (χ1v) is 5.87. The number of nitro groups is 1. The fraction of sp³-hybridized carbons (Fsp3) is 0.545. The van der Waals surface area contributed by atoms with Crippen LogP contribution in [0.1, 0.15) is 20.3 Å². The maximum Gasteiger partial charge on any atom is 0.425 e. The van der Waals surface area contributed by atoms with Gasteiger partial charge in [0.1, 0.15) is 5.82 Å². The number of rotatable bonds is 6. The summed E-state index contributed by atoms with van der Waals surface area (Å²) >= 11 is 0. The predicted octanol–water partition coefficient (Wildman–Crippen LogP) is 3.14. The number of nitrogens with zero attached hydrogens (tertiary/aromatic N) is 2. The third-order valence-electron chi connectivity index (χ3n) is 2.31. The fourth-order valence-corrected chi connectivity index (χ4v) is 1.25. The van der Waals surface area contributed by atoms with Crippen LogP contribution in [-0.2, 0) is 0 Å². The number of anilines is 1. The van der Waals surface area contributed by atoms with Crippen LogP contribution in [0.15, 0.2) is 12.1 Å². The normalized spacial score (nSPS) is 12.8. The highest BCUT2D eigenvalue weighted by Crippen LogP contribution is 2.27. The molecule has 1 unspecified atom stereocenters. The molecule has 0 saturated carbocycles. The summed E-state index contributed by atoms with van der Waals surface area (Å²) in [6.45, 7) is 3.16. The van der Waals surface area contributed by atoms with Gasteiger partial charge in [-0.1, -0.05) is 6.92 Å². The van der Waals surface area contributed by atoms with E-state index < -0.39 is 23.1 Å². The number of aromatic nitrogens is 1. The Morgan fingerprint density at radius 3 is 2.65 bits per heavy atom. The zero-order chi connectivity index (χ0) is 15.3. The first-order chi connectivity index (χ1) is 9.24. The Morgan fingerprint density at radius 1 is 1.50 bits per heavy atom. The van der Waals surface area contributed by atoms with Crippen LogP contribution in [0.25, 0.3) is 0 Å². The minimum atomic E-state index is -4.57. The van der Waals surface area contributed by atoms with Gasteiger partial charge in [0.2, 0.25) is 5.88 Å². The lowest BCUT2D eigenvalue weighted by Gasteiger charge is -2.17. The van der Waals surface area contributed by atoms with Crippen molar-refractivity contribution in [3.63, 3.8) is 0 Å². The van der Waals surface area contributed by atoms with Gasteiger partial charge in [-0.2, -0.15) is 18.2 Å². The Balaban J connectivity index is 2.99. The molecule has 0 aliphatic heterocycles. The summed E-state index contributed by atoms with van der Waals surface area (Å²) in [4.78, 5) is 13.8. The highest BCUT2D eigenvalue weighted by molar-refractivity contribution is 5.48. The molecular formula is C11H14F3N3O3. The van der Waals surface area contributed by atoms with Crippen LogP contribution in [-0.4, -0.2) is 28.7 Å². The number of ether oxygens (including phenoxy) is 1. The Bertz CT molecular complexity index is 480. The quantitative estimate of drug-likeness (QED) is 0.644. The summed E-state index contributed by atoms with van der Waals surface area (Å²) in [5.41, 5.74) is -0.386. The zero-order valence-electron chi connectivity index (χ0n) is 10.9. The second-order valence-corrected chi connectivity index (χ2v) is 4.03. The van der Waals surface area contributed by atoms with E-state index in [0.29, 0.717) is 6.54 Å². The summed E-state index contributed by atoms with van der Waals surface area (Å²) in [5.74, 6) is -0.340. The van der Waals surface area contributed by atoms with Crippen molar-refractivity contribution in [3.05, 3.63) is 22.2 Å². The van der Waals surface area contributed by atoms with Crippen molar-refractivity contribution in [1.82, 2.24) is 4.98 Å². The number of halogens is 3. The SMILES string of the molecule is CCCNc1cc([N+](=O)[O-])cc(OC(C)C(F)(F)F)n1. The van der Waals surface area contributed by atoms with Crippen molar-refractivity contribution in [2.24, 2.45) is 0 Å². The maximum atomic E-state index is 12.4. The van der Waals surface area contributed by atoms with Crippen LogP contribution < -0.4 is 10.1 Å². The first kappa shape index (κ1) is 16.0. The van der Waals surface area contributed by atoms with Gasteiger partial charge in [-0.15, -0.1) is 0 Å². The molecule has 6 nitrogen and oxygen atoms in total. The third-order valence-corrected chi connectivity index (χ3v) is 2.31. The van der Waals surface area contributed by atoms with Crippen molar-refractivity contribution in [2.75, 3.05) is 11.9 Å². The number of hydrogen-bond donors (Lipinski definition) is 1. The van der Waals surface area contributed by atoms with Crippen molar-refractivity contribution in [3.8, 4) is 5.88 Å². The summed E-state index contributed by atoms with van der Waals surface area (Å²) in [6.07, 6.45) is -5.93. The molecule has 1 aromatic rings. The van der Waals surface area contributed by atoms with Crippen molar-refractivity contribution in [1.29, 1.82) is 0 Å². The van der Waals surface area contributed by atoms with Gasteiger partial charge >= 0.3 is 6.18 Å². The van der Waals surface area contributed by atoms with E-state index >= 15 is 0 Å². The van der Waals surface area contributed by atoms with Crippen LogP contribution in [0.2, 0.25) is 0 Å². The third kappa shape index (κ3) is 4.56. The van der Waals surface area contributed by atoms with Crippen LogP contribution in [0, 0.1) is 10.1 Å². The topological polar surface area (TPSA) is 77.3 Å². The van der Waals surface area contributed by atoms with Gasteiger partial charge in [0.25, 0.3) is 5.69 Å². The standard InChI is InChI=1S/C11H14F3N3O3/c1-3-4-15-9-5-8(17(18)19)6-10(16-9)20-7(2)11(12,13)14/h5-7H,3-4H2,1-2H3,(H,15,16). The highest BCUT2D eigenvalue weighted by atomic mass is 19.4. The van der Waals surface area contributed by atoms with Gasteiger partial charge in [0, 0.05) is 6.54 Å². The van der Waals surface area contributed by atoms with Crippen molar-refractivity contribution >= 4 is 11.5 Å². The lowest BCUT2D eigenvalue weighted by Crippen LogP contribution is -2.31. The number of alkyl halides is 3. The van der Waals surface area contributed by atoms with Gasteiger partial charge in [0.05, 0.1) is 17.1 Å². The van der Waals surface area contributed by atoms with E-state index in [0.717, 1.165) is 25.5 Å². The van der Waals surface area contributed by atoms with Gasteiger partial charge in [0.15, 0.2) is 6.10 Å². The minimum absolute atomic E-state index is 0.102. The largest absolute Gasteiger partial charge is 0.465 e. The Morgan fingerprint density at radius 2 is 2.15 bits per heavy atom. The van der Waals surface area contributed by atoms with Crippen molar-refractivity contribution in [2.45, 2.75) is 32.5 Å². The fourth-order valence-electron chi connectivity index (χ4n) is 1.25. The molecule has 9 heteroatoms. The molecule has 0 bridgehead atoms. The maximum absolute atomic E-state index is 12.4. The summed E-state index contributed by atoms with van der Waals surface area (Å²) in [6, 6.07) is 2.00. The Kier molecular flexibility index (Phi) is 5.12. The van der Waals surface area contributed by atoms with E-state index in [9.17, 15) is 23.3 Å². The van der Waals surface area contributed by atoms with E-state index in [2.05, 4.69) is 15.0 Å². The van der Waals surface area contributed by atoms with Gasteiger partial charge in [-0.3, -0.25) is 10.1 Å². The molecule has 1 aromatic heterocycles. The van der Waals surface area contributed by atoms with Crippen LogP contribution in [0.5, 0.6) is 5.88 Å². The second-order valence-electron chi connectivity index (χ2n) is 4.03. The van der Waals surface area contributed by atoms with E-state index in [4.69, 9.17) is 0 Å². The average Bonchev–Trinajstić information content (AvgIpc) is 2.34. The van der Waals surface area contributed by atoms with E-state index in [1.807, 2.05) is 6.92 Å². The van der Waals surface area contributed by atoms with E-state index in [1.165, 1.54) is 0 Å².